The van der Waals surface area contributed by atoms with Crippen molar-refractivity contribution in [3.8, 4) is 0 Å². The Kier molecular flexibility index (Phi) is 3.14. The van der Waals surface area contributed by atoms with Crippen LogP contribution in [0.2, 0.25) is 0 Å². The van der Waals surface area contributed by atoms with E-state index in [1.807, 2.05) is 0 Å². The smallest absolute Gasteiger partial charge is 0.227 e. The van der Waals surface area contributed by atoms with E-state index in [1.54, 1.807) is 6.07 Å². The number of amides is 1. The molecular weight excluding hydrogens is 297 g/mol. The average Bonchev–Trinajstić information content (AvgIpc) is 2.96. The summed E-state index contributed by atoms with van der Waals surface area (Å²) in [6.45, 7) is 0. The summed E-state index contributed by atoms with van der Waals surface area (Å²) in [5, 5.41) is 2.85. The molecule has 96 valence electrons. The minimum absolute atomic E-state index is 0.0495. The third kappa shape index (κ3) is 2.18. The van der Waals surface area contributed by atoms with E-state index in [1.165, 1.54) is 31.4 Å². The molecule has 0 aromatic heterocycles. The zero-order valence-electron chi connectivity index (χ0n) is 9.96. The number of nitrogens with one attached hydrogen (secondary N) is 1. The Bertz CT molecular complexity index is 491. The highest BCUT2D eigenvalue weighted by molar-refractivity contribution is 9.10. The molecule has 1 aromatic carbocycles. The molecule has 2 aliphatic carbocycles. The summed E-state index contributed by atoms with van der Waals surface area (Å²) in [5.74, 6) is 1.12. The largest absolute Gasteiger partial charge is 0.325 e. The van der Waals surface area contributed by atoms with Crippen molar-refractivity contribution in [3.05, 3.63) is 28.5 Å². The van der Waals surface area contributed by atoms with Crippen molar-refractivity contribution in [1.82, 2.24) is 0 Å². The van der Waals surface area contributed by atoms with Gasteiger partial charge in [0.15, 0.2) is 0 Å². The van der Waals surface area contributed by atoms with E-state index < -0.39 is 0 Å². The predicted octanol–water partition coefficient (Wildman–Crippen LogP) is 3.96. The first kappa shape index (κ1) is 12.2. The van der Waals surface area contributed by atoms with Gasteiger partial charge in [-0.3, -0.25) is 4.79 Å². The van der Waals surface area contributed by atoms with E-state index in [-0.39, 0.29) is 17.6 Å². The highest BCUT2D eigenvalue weighted by Crippen LogP contribution is 2.48. The molecule has 1 amide bonds. The van der Waals surface area contributed by atoms with Crippen LogP contribution in [-0.4, -0.2) is 5.91 Å². The summed E-state index contributed by atoms with van der Waals surface area (Å²) >= 11 is 3.33. The molecule has 4 heteroatoms. The summed E-state index contributed by atoms with van der Waals surface area (Å²) in [7, 11) is 0. The van der Waals surface area contributed by atoms with Gasteiger partial charge in [-0.15, -0.1) is 0 Å². The van der Waals surface area contributed by atoms with Crippen LogP contribution >= 0.6 is 15.9 Å². The number of carbonyl (C=O) groups excluding carboxylic acids is 1. The second kappa shape index (κ2) is 4.65. The van der Waals surface area contributed by atoms with Gasteiger partial charge in [-0.1, -0.05) is 6.42 Å². The Morgan fingerprint density at radius 3 is 2.83 bits per heavy atom. The first-order chi connectivity index (χ1) is 8.63. The molecule has 0 spiro atoms. The monoisotopic (exact) mass is 311 g/mol. The minimum atomic E-state index is -0.332. The van der Waals surface area contributed by atoms with Crippen molar-refractivity contribution >= 4 is 27.5 Å². The molecule has 0 heterocycles. The normalized spacial score (nSPS) is 29.6. The zero-order valence-corrected chi connectivity index (χ0v) is 11.5. The maximum absolute atomic E-state index is 13.2. The van der Waals surface area contributed by atoms with Gasteiger partial charge < -0.3 is 5.32 Å². The molecule has 1 aromatic rings. The molecule has 3 unspecified atom stereocenters. The summed E-state index contributed by atoms with van der Waals surface area (Å²) in [5.41, 5.74) is 0.530. The van der Waals surface area contributed by atoms with E-state index in [0.29, 0.717) is 11.6 Å². The Morgan fingerprint density at radius 2 is 2.17 bits per heavy atom. The number of carbonyl (C=O) groups is 1. The second-order valence-electron chi connectivity index (χ2n) is 5.39. The molecule has 18 heavy (non-hydrogen) atoms. The fraction of sp³-hybridized carbons (Fsp3) is 0.500. The van der Waals surface area contributed by atoms with Gasteiger partial charge >= 0.3 is 0 Å². The van der Waals surface area contributed by atoms with Gasteiger partial charge in [0.1, 0.15) is 5.82 Å². The van der Waals surface area contributed by atoms with Crippen LogP contribution in [0.25, 0.3) is 0 Å². The average molecular weight is 312 g/mol. The topological polar surface area (TPSA) is 29.1 Å². The van der Waals surface area contributed by atoms with Crippen LogP contribution in [0.5, 0.6) is 0 Å². The van der Waals surface area contributed by atoms with Crippen molar-refractivity contribution in [1.29, 1.82) is 0 Å². The van der Waals surface area contributed by atoms with E-state index in [4.69, 9.17) is 0 Å². The van der Waals surface area contributed by atoms with Gasteiger partial charge in [0.05, 0.1) is 5.69 Å². The molecule has 1 N–H and O–H groups in total. The summed E-state index contributed by atoms with van der Waals surface area (Å²) < 4.78 is 13.9. The molecule has 2 bridgehead atoms. The minimum Gasteiger partial charge on any atom is -0.325 e. The maximum Gasteiger partial charge on any atom is 0.227 e. The van der Waals surface area contributed by atoms with E-state index in [2.05, 4.69) is 21.2 Å². The van der Waals surface area contributed by atoms with E-state index in [9.17, 15) is 9.18 Å². The summed E-state index contributed by atoms with van der Waals surface area (Å²) in [6.07, 6.45) is 4.65. The summed E-state index contributed by atoms with van der Waals surface area (Å²) in [6, 6.07) is 4.35. The third-order valence-corrected chi connectivity index (χ3v) is 4.95. The SMILES string of the molecule is O=C(Nc1cc(F)ccc1Br)C1CC2CCC1C2. The van der Waals surface area contributed by atoms with E-state index >= 15 is 0 Å². The van der Waals surface area contributed by atoms with Crippen LogP contribution < -0.4 is 5.32 Å². The van der Waals surface area contributed by atoms with Gasteiger partial charge in [-0.25, -0.2) is 4.39 Å². The fourth-order valence-electron chi connectivity index (χ4n) is 3.38. The van der Waals surface area contributed by atoms with Gasteiger partial charge in [-0.2, -0.15) is 0 Å². The van der Waals surface area contributed by atoms with Crippen LogP contribution in [0, 0.1) is 23.6 Å². The van der Waals surface area contributed by atoms with Crippen LogP contribution in [0.1, 0.15) is 25.7 Å². The van der Waals surface area contributed by atoms with Crippen molar-refractivity contribution in [2.45, 2.75) is 25.7 Å². The fourth-order valence-corrected chi connectivity index (χ4v) is 3.73. The van der Waals surface area contributed by atoms with Crippen LogP contribution in [-0.2, 0) is 4.79 Å². The number of hydrogen-bond acceptors (Lipinski definition) is 1. The molecule has 0 saturated heterocycles. The molecule has 2 aliphatic rings. The molecule has 0 aliphatic heterocycles. The number of anilines is 1. The first-order valence-electron chi connectivity index (χ1n) is 6.39. The molecule has 2 nitrogen and oxygen atoms in total. The predicted molar refractivity (Wildman–Crippen MR) is 71.7 cm³/mol. The molecule has 0 radical (unpaired) electrons. The maximum atomic E-state index is 13.2. The van der Waals surface area contributed by atoms with Crippen molar-refractivity contribution in [2.75, 3.05) is 5.32 Å². The number of halogens is 2. The number of benzene rings is 1. The third-order valence-electron chi connectivity index (χ3n) is 4.26. The van der Waals surface area contributed by atoms with Gasteiger partial charge in [-0.05, 0) is 65.2 Å². The highest BCUT2D eigenvalue weighted by atomic mass is 79.9. The Balaban J connectivity index is 1.72. The van der Waals surface area contributed by atoms with Gasteiger partial charge in [0, 0.05) is 10.4 Å². The molecule has 2 fully saturated rings. The van der Waals surface area contributed by atoms with Crippen molar-refractivity contribution in [3.63, 3.8) is 0 Å². The summed E-state index contributed by atoms with van der Waals surface area (Å²) in [4.78, 5) is 12.2. The zero-order chi connectivity index (χ0) is 12.7. The molecular formula is C14H15BrFNO. The van der Waals surface area contributed by atoms with Gasteiger partial charge in [0.2, 0.25) is 5.91 Å². The number of hydrogen-bond donors (Lipinski definition) is 1. The lowest BCUT2D eigenvalue weighted by Gasteiger charge is -2.21. The van der Waals surface area contributed by atoms with Crippen molar-refractivity contribution in [2.24, 2.45) is 17.8 Å². The standard InChI is InChI=1S/C14H15BrFNO/c15-12-4-3-10(16)7-13(12)17-14(18)11-6-8-1-2-9(11)5-8/h3-4,7-9,11H,1-2,5-6H2,(H,17,18). The molecule has 3 atom stereocenters. The highest BCUT2D eigenvalue weighted by Gasteiger charge is 2.43. The van der Waals surface area contributed by atoms with Crippen LogP contribution in [0.3, 0.4) is 0 Å². The Morgan fingerprint density at radius 1 is 1.33 bits per heavy atom. The van der Waals surface area contributed by atoms with Crippen molar-refractivity contribution < 1.29 is 9.18 Å². The second-order valence-corrected chi connectivity index (χ2v) is 6.25. The van der Waals surface area contributed by atoms with Crippen LogP contribution in [0.4, 0.5) is 10.1 Å². The Labute approximate surface area is 114 Å². The molecule has 2 saturated carbocycles. The van der Waals surface area contributed by atoms with Crippen LogP contribution in [0.15, 0.2) is 22.7 Å². The quantitative estimate of drug-likeness (QED) is 0.880. The van der Waals surface area contributed by atoms with E-state index in [0.717, 1.165) is 16.8 Å². The lowest BCUT2D eigenvalue weighted by atomic mass is 9.88. The Hall–Kier alpha value is -0.900. The lowest BCUT2D eigenvalue weighted by molar-refractivity contribution is -0.121. The molecule has 3 rings (SSSR count). The van der Waals surface area contributed by atoms with Gasteiger partial charge in [0.25, 0.3) is 0 Å². The lowest BCUT2D eigenvalue weighted by Crippen LogP contribution is -2.27. The number of fused-ring (bicyclic) bond motifs is 2. The first-order valence-corrected chi connectivity index (χ1v) is 7.18. The number of rotatable bonds is 2.